The Hall–Kier alpha value is -1.32. The minimum Gasteiger partial charge on any atom is -0.481 e. The van der Waals surface area contributed by atoms with E-state index in [1.807, 2.05) is 27.7 Å². The third-order valence-corrected chi connectivity index (χ3v) is 5.18. The summed E-state index contributed by atoms with van der Waals surface area (Å²) in [5.74, 6) is -0.836. The molecule has 0 fully saturated rings. The summed E-state index contributed by atoms with van der Waals surface area (Å²) in [5, 5.41) is 9.11. The summed E-state index contributed by atoms with van der Waals surface area (Å²) in [5.41, 5.74) is 0.141. The van der Waals surface area contributed by atoms with Crippen molar-refractivity contribution in [2.24, 2.45) is 10.8 Å². The fraction of sp³-hybridized carbons (Fsp3) is 0.818. The van der Waals surface area contributed by atoms with Crippen LogP contribution in [0.3, 0.4) is 0 Å². The number of unbranched alkanes of at least 4 members (excludes halogenated alkanes) is 2. The predicted molar refractivity (Wildman–Crippen MR) is 107 cm³/mol. The molecule has 1 N–H and O–H groups in total. The van der Waals surface area contributed by atoms with Gasteiger partial charge < -0.3 is 9.84 Å². The van der Waals surface area contributed by atoms with Gasteiger partial charge in [0.05, 0.1) is 16.9 Å². The third kappa shape index (κ3) is 9.98. The first-order valence-corrected chi connectivity index (χ1v) is 10.0. The van der Waals surface area contributed by atoms with Crippen molar-refractivity contribution in [2.75, 3.05) is 0 Å². The lowest BCUT2D eigenvalue weighted by atomic mass is 9.86. The number of carbonyl (C=O) groups excluding carboxylic acids is 1. The van der Waals surface area contributed by atoms with Gasteiger partial charge in [0.15, 0.2) is 0 Å². The smallest absolute Gasteiger partial charge is 0.311 e. The van der Waals surface area contributed by atoms with Crippen LogP contribution in [0.2, 0.25) is 0 Å². The Morgan fingerprint density at radius 2 is 1.42 bits per heavy atom. The van der Waals surface area contributed by atoms with Crippen LogP contribution in [0.4, 0.5) is 0 Å². The van der Waals surface area contributed by atoms with Gasteiger partial charge in [0, 0.05) is 0 Å². The molecule has 4 heteroatoms. The number of ether oxygens (including phenoxy) is 1. The van der Waals surface area contributed by atoms with E-state index in [0.717, 1.165) is 51.4 Å². The molecule has 152 valence electrons. The molecule has 0 amide bonds. The molecule has 26 heavy (non-hydrogen) atoms. The lowest BCUT2D eigenvalue weighted by Crippen LogP contribution is -2.29. The first kappa shape index (κ1) is 24.7. The zero-order chi connectivity index (χ0) is 20.4. The quantitative estimate of drug-likeness (QED) is 0.227. The molecule has 1 unspecified atom stereocenters. The Bertz CT molecular complexity index is 463. The number of rotatable bonds is 14. The molecule has 0 bridgehead atoms. The topological polar surface area (TPSA) is 63.6 Å². The lowest BCUT2D eigenvalue weighted by molar-refractivity contribution is -0.159. The molecule has 0 saturated carbocycles. The highest BCUT2D eigenvalue weighted by Gasteiger charge is 2.29. The van der Waals surface area contributed by atoms with Crippen LogP contribution in [0.25, 0.3) is 0 Å². The monoisotopic (exact) mass is 368 g/mol. The molecule has 0 heterocycles. The minimum atomic E-state index is -0.731. The van der Waals surface area contributed by atoms with Gasteiger partial charge in [-0.1, -0.05) is 31.9 Å². The molecule has 0 aliphatic carbocycles. The van der Waals surface area contributed by atoms with Crippen molar-refractivity contribution in [2.45, 2.75) is 105 Å². The van der Waals surface area contributed by atoms with Crippen molar-refractivity contribution in [3.05, 3.63) is 12.2 Å². The Balaban J connectivity index is 3.94. The normalized spacial score (nSPS) is 13.3. The molecule has 1 atom stereocenters. The van der Waals surface area contributed by atoms with Crippen LogP contribution < -0.4 is 0 Å². The summed E-state index contributed by atoms with van der Waals surface area (Å²) in [6.07, 6.45) is 8.17. The molecule has 4 nitrogen and oxygen atoms in total. The van der Waals surface area contributed by atoms with Gasteiger partial charge in [0.2, 0.25) is 0 Å². The van der Waals surface area contributed by atoms with Crippen molar-refractivity contribution in [1.29, 1.82) is 0 Å². The largest absolute Gasteiger partial charge is 0.481 e. The highest BCUT2D eigenvalue weighted by Crippen LogP contribution is 2.28. The van der Waals surface area contributed by atoms with Crippen molar-refractivity contribution in [3.8, 4) is 0 Å². The first-order valence-electron chi connectivity index (χ1n) is 10.0. The van der Waals surface area contributed by atoms with Gasteiger partial charge in [-0.3, -0.25) is 9.59 Å². The number of carbonyl (C=O) groups is 2. The number of hydrogen-bond acceptors (Lipinski definition) is 3. The number of hydrogen-bond donors (Lipinski definition) is 1. The van der Waals surface area contributed by atoms with Gasteiger partial charge in [-0.2, -0.15) is 0 Å². The molecule has 0 spiro atoms. The van der Waals surface area contributed by atoms with Crippen molar-refractivity contribution < 1.29 is 19.4 Å². The van der Waals surface area contributed by atoms with Crippen LogP contribution in [0.1, 0.15) is 99.3 Å². The third-order valence-electron chi connectivity index (χ3n) is 5.18. The molecule has 0 aromatic carbocycles. The number of carboxylic acid groups (broad SMARTS) is 1. The number of aliphatic carboxylic acids is 1. The first-order chi connectivity index (χ1) is 11.9. The Morgan fingerprint density at radius 3 is 1.85 bits per heavy atom. The van der Waals surface area contributed by atoms with Gasteiger partial charge >= 0.3 is 11.9 Å². The second-order valence-electron chi connectivity index (χ2n) is 8.86. The molecule has 0 radical (unpaired) electrons. The average molecular weight is 369 g/mol. The van der Waals surface area contributed by atoms with E-state index in [1.165, 1.54) is 5.57 Å². The molecule has 0 aromatic heterocycles. The van der Waals surface area contributed by atoms with Gasteiger partial charge in [0.25, 0.3) is 0 Å². The van der Waals surface area contributed by atoms with Crippen LogP contribution in [0.5, 0.6) is 0 Å². The molecule has 0 aliphatic rings. The van der Waals surface area contributed by atoms with E-state index < -0.39 is 16.8 Å². The van der Waals surface area contributed by atoms with Crippen molar-refractivity contribution in [1.82, 2.24) is 0 Å². The SMILES string of the molecule is C=C(CCCCC(C)(C)C(=O)O)CCCCC(C)(C)C(=O)OC(C)CC. The van der Waals surface area contributed by atoms with E-state index in [0.29, 0.717) is 6.42 Å². The maximum Gasteiger partial charge on any atom is 0.311 e. The van der Waals surface area contributed by atoms with Crippen LogP contribution in [-0.4, -0.2) is 23.1 Å². The summed E-state index contributed by atoms with van der Waals surface area (Å²) in [6.45, 7) is 15.5. The second kappa shape index (κ2) is 11.4. The maximum absolute atomic E-state index is 12.2. The predicted octanol–water partition coefficient (Wildman–Crippen LogP) is 6.14. The standard InChI is InChI=1S/C22H40O4/c1-8-18(3)26-20(25)22(6,7)16-12-10-14-17(2)13-9-11-15-21(4,5)19(23)24/h18H,2,8-16H2,1,3-7H3,(H,23,24). The van der Waals surface area contributed by atoms with E-state index in [2.05, 4.69) is 6.58 Å². The second-order valence-corrected chi connectivity index (χ2v) is 8.86. The molecule has 0 saturated heterocycles. The van der Waals surface area contributed by atoms with Crippen LogP contribution in [0.15, 0.2) is 12.2 Å². The van der Waals surface area contributed by atoms with Gasteiger partial charge in [-0.05, 0) is 79.6 Å². The van der Waals surface area contributed by atoms with E-state index in [-0.39, 0.29) is 12.1 Å². The van der Waals surface area contributed by atoms with E-state index in [4.69, 9.17) is 9.84 Å². The molecule has 0 rings (SSSR count). The van der Waals surface area contributed by atoms with Gasteiger partial charge in [0.1, 0.15) is 0 Å². The van der Waals surface area contributed by atoms with Gasteiger partial charge in [-0.15, -0.1) is 0 Å². The highest BCUT2D eigenvalue weighted by molar-refractivity contribution is 5.76. The van der Waals surface area contributed by atoms with E-state index >= 15 is 0 Å². The summed E-state index contributed by atoms with van der Waals surface area (Å²) in [6, 6.07) is 0. The fourth-order valence-corrected chi connectivity index (χ4v) is 2.64. The molecule has 0 aromatic rings. The lowest BCUT2D eigenvalue weighted by Gasteiger charge is -2.24. The Morgan fingerprint density at radius 1 is 0.962 bits per heavy atom. The zero-order valence-corrected chi connectivity index (χ0v) is 17.8. The summed E-state index contributed by atoms with van der Waals surface area (Å²) < 4.78 is 5.45. The summed E-state index contributed by atoms with van der Waals surface area (Å²) in [4.78, 5) is 23.3. The average Bonchev–Trinajstić information content (AvgIpc) is 2.55. The zero-order valence-electron chi connectivity index (χ0n) is 17.8. The van der Waals surface area contributed by atoms with Crippen LogP contribution in [0, 0.1) is 10.8 Å². The number of allylic oxidation sites excluding steroid dienone is 1. The summed E-state index contributed by atoms with van der Waals surface area (Å²) in [7, 11) is 0. The van der Waals surface area contributed by atoms with Gasteiger partial charge in [-0.25, -0.2) is 0 Å². The maximum atomic E-state index is 12.2. The van der Waals surface area contributed by atoms with Crippen molar-refractivity contribution >= 4 is 11.9 Å². The Kier molecular flexibility index (Phi) is 10.8. The van der Waals surface area contributed by atoms with Crippen LogP contribution in [-0.2, 0) is 14.3 Å². The number of carboxylic acids is 1. The fourth-order valence-electron chi connectivity index (χ4n) is 2.64. The minimum absolute atomic E-state index is 0.0207. The van der Waals surface area contributed by atoms with Crippen molar-refractivity contribution in [3.63, 3.8) is 0 Å². The van der Waals surface area contributed by atoms with E-state index in [1.54, 1.807) is 13.8 Å². The number of esters is 1. The molecular weight excluding hydrogens is 328 g/mol. The molecular formula is C22H40O4. The van der Waals surface area contributed by atoms with Crippen LogP contribution >= 0.6 is 0 Å². The Labute approximate surface area is 160 Å². The van der Waals surface area contributed by atoms with E-state index in [9.17, 15) is 9.59 Å². The molecule has 0 aliphatic heterocycles. The summed E-state index contributed by atoms with van der Waals surface area (Å²) >= 11 is 0. The highest BCUT2D eigenvalue weighted by atomic mass is 16.5.